The van der Waals surface area contributed by atoms with Gasteiger partial charge in [0, 0.05) is 26.2 Å². The van der Waals surface area contributed by atoms with Crippen molar-refractivity contribution >= 4 is 27.5 Å². The van der Waals surface area contributed by atoms with Gasteiger partial charge in [0.2, 0.25) is 0 Å². The maximum atomic E-state index is 12.4. The molecule has 0 aliphatic carbocycles. The molecule has 0 atom stereocenters. The Kier molecular flexibility index (Phi) is 4.65. The van der Waals surface area contributed by atoms with Gasteiger partial charge in [-0.15, -0.1) is 11.3 Å². The van der Waals surface area contributed by atoms with Crippen LogP contribution < -0.4 is 4.74 Å². The smallest absolute Gasteiger partial charge is 0.410 e. The van der Waals surface area contributed by atoms with Gasteiger partial charge in [-0.1, -0.05) is 24.3 Å². The van der Waals surface area contributed by atoms with E-state index in [9.17, 15) is 13.2 Å². The number of hydrogen-bond acceptors (Lipinski definition) is 5. The fourth-order valence-electron chi connectivity index (χ4n) is 2.30. The average molecular weight is 352 g/mol. The molecular weight excluding hydrogens is 336 g/mol. The minimum Gasteiger partial charge on any atom is -0.410 e. The topological polar surface area (TPSA) is 66.9 Å². The number of amides is 1. The van der Waals surface area contributed by atoms with Gasteiger partial charge in [-0.05, 0) is 23.6 Å². The Morgan fingerprint density at radius 2 is 1.70 bits per heavy atom. The van der Waals surface area contributed by atoms with Gasteiger partial charge in [0.15, 0.2) is 0 Å². The highest BCUT2D eigenvalue weighted by Gasteiger charge is 2.31. The number of rotatable bonds is 3. The molecule has 1 amide bonds. The average Bonchev–Trinajstić information content (AvgIpc) is 3.11. The molecule has 1 aliphatic rings. The lowest BCUT2D eigenvalue weighted by Crippen LogP contribution is -2.51. The van der Waals surface area contributed by atoms with Gasteiger partial charge in [-0.3, -0.25) is 0 Å². The van der Waals surface area contributed by atoms with Crippen molar-refractivity contribution in [3.63, 3.8) is 0 Å². The molecule has 3 rings (SSSR count). The summed E-state index contributed by atoms with van der Waals surface area (Å²) in [6, 6.07) is 12.1. The molecule has 1 aromatic heterocycles. The zero-order chi connectivity index (χ0) is 16.3. The van der Waals surface area contributed by atoms with Crippen LogP contribution in [0.4, 0.5) is 4.79 Å². The molecule has 2 aromatic rings. The van der Waals surface area contributed by atoms with Crippen LogP contribution in [0.15, 0.2) is 52.1 Å². The molecule has 0 saturated carbocycles. The van der Waals surface area contributed by atoms with Crippen LogP contribution in [-0.2, 0) is 10.0 Å². The Labute approximate surface area is 139 Å². The molecule has 0 spiro atoms. The molecule has 1 aromatic carbocycles. The summed E-state index contributed by atoms with van der Waals surface area (Å²) in [7, 11) is -3.45. The number of nitrogens with zero attached hydrogens (tertiary/aromatic N) is 2. The Bertz CT molecular complexity index is 752. The van der Waals surface area contributed by atoms with E-state index in [1.165, 1.54) is 20.5 Å². The molecule has 2 heterocycles. The molecule has 6 nitrogen and oxygen atoms in total. The third kappa shape index (κ3) is 3.54. The molecular formula is C15H16N2O4S2. The van der Waals surface area contributed by atoms with Crippen LogP contribution in [0.1, 0.15) is 0 Å². The van der Waals surface area contributed by atoms with Gasteiger partial charge < -0.3 is 9.64 Å². The van der Waals surface area contributed by atoms with E-state index in [2.05, 4.69) is 0 Å². The predicted molar refractivity (Wildman–Crippen MR) is 87.1 cm³/mol. The molecule has 122 valence electrons. The normalized spacial score (nSPS) is 16.3. The van der Waals surface area contributed by atoms with Crippen LogP contribution >= 0.6 is 11.3 Å². The predicted octanol–water partition coefficient (Wildman–Crippen LogP) is 2.25. The highest BCUT2D eigenvalue weighted by atomic mass is 32.2. The number of benzene rings is 1. The number of ether oxygens (including phenoxy) is 1. The second kappa shape index (κ2) is 6.69. The minimum atomic E-state index is -3.45. The third-order valence-corrected chi connectivity index (χ3v) is 6.81. The van der Waals surface area contributed by atoms with Gasteiger partial charge in [-0.25, -0.2) is 13.2 Å². The Morgan fingerprint density at radius 3 is 2.30 bits per heavy atom. The summed E-state index contributed by atoms with van der Waals surface area (Å²) in [5.41, 5.74) is 0. The highest BCUT2D eigenvalue weighted by molar-refractivity contribution is 7.91. The van der Waals surface area contributed by atoms with Crippen LogP contribution in [0, 0.1) is 0 Å². The first-order valence-corrected chi connectivity index (χ1v) is 9.45. The van der Waals surface area contributed by atoms with Crippen LogP contribution in [-0.4, -0.2) is 49.9 Å². The summed E-state index contributed by atoms with van der Waals surface area (Å²) in [5, 5.41) is 1.74. The molecule has 23 heavy (non-hydrogen) atoms. The summed E-state index contributed by atoms with van der Waals surface area (Å²) in [4.78, 5) is 13.6. The van der Waals surface area contributed by atoms with E-state index in [1.807, 2.05) is 6.07 Å². The minimum absolute atomic E-state index is 0.268. The summed E-state index contributed by atoms with van der Waals surface area (Å²) >= 11 is 1.20. The zero-order valence-corrected chi connectivity index (χ0v) is 13.9. The molecule has 0 bridgehead atoms. The van der Waals surface area contributed by atoms with Crippen molar-refractivity contribution in [2.45, 2.75) is 4.21 Å². The van der Waals surface area contributed by atoms with Crippen LogP contribution in [0.5, 0.6) is 5.75 Å². The number of para-hydroxylation sites is 1. The maximum absolute atomic E-state index is 12.4. The number of carbonyl (C=O) groups excluding carboxylic acids is 1. The number of sulfonamides is 1. The van der Waals surface area contributed by atoms with E-state index in [0.29, 0.717) is 23.0 Å². The van der Waals surface area contributed by atoms with Crippen molar-refractivity contribution in [1.82, 2.24) is 9.21 Å². The number of piperazine rings is 1. The largest absolute Gasteiger partial charge is 0.415 e. The van der Waals surface area contributed by atoms with E-state index < -0.39 is 16.1 Å². The van der Waals surface area contributed by atoms with Crippen molar-refractivity contribution in [2.75, 3.05) is 26.2 Å². The summed E-state index contributed by atoms with van der Waals surface area (Å²) in [5.74, 6) is 0.478. The van der Waals surface area contributed by atoms with E-state index in [0.717, 1.165) is 0 Å². The lowest BCUT2D eigenvalue weighted by atomic mass is 10.3. The van der Waals surface area contributed by atoms with Crippen LogP contribution in [0.3, 0.4) is 0 Å². The molecule has 1 saturated heterocycles. The lowest BCUT2D eigenvalue weighted by molar-refractivity contribution is 0.132. The summed E-state index contributed by atoms with van der Waals surface area (Å²) < 4.78 is 31.8. The lowest BCUT2D eigenvalue weighted by Gasteiger charge is -2.32. The third-order valence-electron chi connectivity index (χ3n) is 3.53. The SMILES string of the molecule is O=C(Oc1ccccc1)N1CCN(S(=O)(=O)c2cccs2)CC1. The van der Waals surface area contributed by atoms with E-state index >= 15 is 0 Å². The zero-order valence-electron chi connectivity index (χ0n) is 12.3. The maximum Gasteiger partial charge on any atom is 0.415 e. The van der Waals surface area contributed by atoms with Crippen molar-refractivity contribution < 1.29 is 17.9 Å². The van der Waals surface area contributed by atoms with E-state index in [4.69, 9.17) is 4.74 Å². The fourth-order valence-corrected chi connectivity index (χ4v) is 4.87. The molecule has 1 fully saturated rings. The van der Waals surface area contributed by atoms with E-state index in [1.54, 1.807) is 41.8 Å². The number of carbonyl (C=O) groups is 1. The standard InChI is InChI=1S/C15H16N2O4S2/c18-15(21-13-5-2-1-3-6-13)16-8-10-17(11-9-16)23(19,20)14-7-4-12-22-14/h1-7,12H,8-11H2. The summed E-state index contributed by atoms with van der Waals surface area (Å²) in [6.45, 7) is 1.17. The van der Waals surface area contributed by atoms with Crippen molar-refractivity contribution in [3.8, 4) is 5.75 Å². The first-order valence-electron chi connectivity index (χ1n) is 7.13. The Hall–Kier alpha value is -1.90. The van der Waals surface area contributed by atoms with Crippen molar-refractivity contribution in [1.29, 1.82) is 0 Å². The quantitative estimate of drug-likeness (QED) is 0.850. The molecule has 0 unspecified atom stereocenters. The van der Waals surface area contributed by atoms with Gasteiger partial charge in [0.1, 0.15) is 9.96 Å². The highest BCUT2D eigenvalue weighted by Crippen LogP contribution is 2.22. The first kappa shape index (κ1) is 16.0. The van der Waals surface area contributed by atoms with Gasteiger partial charge in [0.05, 0.1) is 0 Å². The second-order valence-corrected chi connectivity index (χ2v) is 8.12. The van der Waals surface area contributed by atoms with Crippen molar-refractivity contribution in [2.24, 2.45) is 0 Å². The Balaban J connectivity index is 1.59. The molecule has 1 aliphatic heterocycles. The second-order valence-electron chi connectivity index (χ2n) is 5.00. The molecule has 0 N–H and O–H groups in total. The van der Waals surface area contributed by atoms with Gasteiger partial charge in [-0.2, -0.15) is 4.31 Å². The first-order chi connectivity index (χ1) is 11.1. The monoisotopic (exact) mass is 352 g/mol. The number of thiophene rings is 1. The van der Waals surface area contributed by atoms with Gasteiger partial charge in [0.25, 0.3) is 10.0 Å². The number of hydrogen-bond donors (Lipinski definition) is 0. The van der Waals surface area contributed by atoms with Crippen LogP contribution in [0.25, 0.3) is 0 Å². The van der Waals surface area contributed by atoms with Crippen molar-refractivity contribution in [3.05, 3.63) is 47.8 Å². The van der Waals surface area contributed by atoms with Gasteiger partial charge >= 0.3 is 6.09 Å². The van der Waals surface area contributed by atoms with E-state index in [-0.39, 0.29) is 13.1 Å². The molecule has 0 radical (unpaired) electrons. The summed E-state index contributed by atoms with van der Waals surface area (Å²) in [6.07, 6.45) is -0.454. The fraction of sp³-hybridized carbons (Fsp3) is 0.267. The Morgan fingerprint density at radius 1 is 1.00 bits per heavy atom. The van der Waals surface area contributed by atoms with Crippen LogP contribution in [0.2, 0.25) is 0 Å². The molecule has 8 heteroatoms.